The molecule has 1 N–H and O–H groups in total. The molecule has 7 nitrogen and oxygen atoms in total. The maximum absolute atomic E-state index is 12.1. The molecule has 20 heavy (non-hydrogen) atoms. The second kappa shape index (κ2) is 5.46. The minimum Gasteiger partial charge on any atom is -0.257 e. The van der Waals surface area contributed by atoms with E-state index in [0.29, 0.717) is 0 Å². The van der Waals surface area contributed by atoms with Crippen LogP contribution in [0.25, 0.3) is 0 Å². The monoisotopic (exact) mass is 333 g/mol. The Kier molecular flexibility index (Phi) is 4.06. The summed E-state index contributed by atoms with van der Waals surface area (Å²) in [5, 5.41) is 7.54. The van der Waals surface area contributed by atoms with Crippen LogP contribution >= 0.6 is 11.3 Å². The van der Waals surface area contributed by atoms with Crippen molar-refractivity contribution in [2.24, 2.45) is 0 Å². The lowest BCUT2D eigenvalue weighted by molar-refractivity contribution is 0.594. The lowest BCUT2D eigenvalue weighted by atomic mass is 10.4. The highest BCUT2D eigenvalue weighted by molar-refractivity contribution is 7.92. The second-order valence-electron chi connectivity index (χ2n) is 3.95. The maximum Gasteiger partial charge on any atom is 0.231 e. The molecular formula is C10H11N3O4S3. The molecule has 0 aliphatic carbocycles. The van der Waals surface area contributed by atoms with E-state index in [4.69, 9.17) is 0 Å². The van der Waals surface area contributed by atoms with Gasteiger partial charge in [-0.05, 0) is 12.1 Å². The lowest BCUT2D eigenvalue weighted by Crippen LogP contribution is -2.08. The Hall–Kier alpha value is -1.52. The fraction of sp³-hybridized carbons (Fsp3) is 0.200. The van der Waals surface area contributed by atoms with E-state index < -0.39 is 19.9 Å². The third-order valence-corrected chi connectivity index (χ3v) is 5.51. The van der Waals surface area contributed by atoms with Crippen LogP contribution in [0.4, 0.5) is 5.13 Å². The first-order valence-electron chi connectivity index (χ1n) is 5.34. The van der Waals surface area contributed by atoms with E-state index in [1.807, 2.05) is 0 Å². The topological polar surface area (TPSA) is 106 Å². The smallest absolute Gasteiger partial charge is 0.231 e. The number of aromatic nitrogens is 2. The van der Waals surface area contributed by atoms with Gasteiger partial charge in [0.25, 0.3) is 0 Å². The molecule has 1 heterocycles. The number of benzene rings is 1. The van der Waals surface area contributed by atoms with E-state index >= 15 is 0 Å². The van der Waals surface area contributed by atoms with Gasteiger partial charge < -0.3 is 0 Å². The summed E-state index contributed by atoms with van der Waals surface area (Å²) in [6.45, 7) is 0. The molecule has 0 radical (unpaired) electrons. The predicted octanol–water partition coefficient (Wildman–Crippen LogP) is 0.883. The zero-order valence-corrected chi connectivity index (χ0v) is 12.8. The van der Waals surface area contributed by atoms with Gasteiger partial charge in [-0.15, -0.1) is 10.2 Å². The molecule has 0 fully saturated rings. The SMILES string of the molecule is CS(=O)(=O)Nc1nnc(CS(=O)(=O)c2ccccc2)s1. The highest BCUT2D eigenvalue weighted by atomic mass is 32.2. The van der Waals surface area contributed by atoms with Gasteiger partial charge in [-0.1, -0.05) is 29.5 Å². The van der Waals surface area contributed by atoms with Crippen molar-refractivity contribution >= 4 is 36.3 Å². The van der Waals surface area contributed by atoms with Crippen LogP contribution in [-0.4, -0.2) is 33.3 Å². The number of rotatable bonds is 5. The highest BCUT2D eigenvalue weighted by Gasteiger charge is 2.18. The van der Waals surface area contributed by atoms with E-state index in [0.717, 1.165) is 17.6 Å². The van der Waals surface area contributed by atoms with E-state index in [2.05, 4.69) is 14.9 Å². The molecule has 108 valence electrons. The van der Waals surface area contributed by atoms with Crippen molar-refractivity contribution in [1.29, 1.82) is 0 Å². The summed E-state index contributed by atoms with van der Waals surface area (Å²) in [4.78, 5) is 0.188. The summed E-state index contributed by atoms with van der Waals surface area (Å²) in [6.07, 6.45) is 0.981. The number of nitrogens with zero attached hydrogens (tertiary/aromatic N) is 2. The standard InChI is InChI=1S/C10H11N3O4S3/c1-19(14,15)13-10-12-11-9(18-10)7-20(16,17)8-5-3-2-4-6-8/h2-6H,7H2,1H3,(H,12,13). The molecule has 0 unspecified atom stereocenters. The van der Waals surface area contributed by atoms with E-state index in [1.165, 1.54) is 12.1 Å². The van der Waals surface area contributed by atoms with Gasteiger partial charge >= 0.3 is 0 Å². The summed E-state index contributed by atoms with van der Waals surface area (Å²) in [5.41, 5.74) is 0. The van der Waals surface area contributed by atoms with E-state index in [9.17, 15) is 16.8 Å². The highest BCUT2D eigenvalue weighted by Crippen LogP contribution is 2.21. The first-order chi connectivity index (χ1) is 9.26. The van der Waals surface area contributed by atoms with Gasteiger partial charge in [0.05, 0.1) is 11.2 Å². The Balaban J connectivity index is 2.19. The predicted molar refractivity (Wildman–Crippen MR) is 75.7 cm³/mol. The van der Waals surface area contributed by atoms with Crippen LogP contribution in [0.15, 0.2) is 35.2 Å². The van der Waals surface area contributed by atoms with Gasteiger partial charge in [-0.3, -0.25) is 4.72 Å². The summed E-state index contributed by atoms with van der Waals surface area (Å²) in [6, 6.07) is 7.96. The Morgan fingerprint density at radius 3 is 2.35 bits per heavy atom. The zero-order valence-electron chi connectivity index (χ0n) is 10.3. The van der Waals surface area contributed by atoms with Gasteiger partial charge in [0.2, 0.25) is 15.2 Å². The summed E-state index contributed by atoms with van der Waals surface area (Å²) < 4.78 is 48.4. The zero-order chi connectivity index (χ0) is 14.8. The molecule has 0 bridgehead atoms. The molecule has 1 aromatic heterocycles. The number of sulfonamides is 1. The molecule has 0 aliphatic rings. The molecule has 0 spiro atoms. The fourth-order valence-electron chi connectivity index (χ4n) is 1.39. The number of anilines is 1. The van der Waals surface area contributed by atoms with Crippen molar-refractivity contribution < 1.29 is 16.8 Å². The fourth-order valence-corrected chi connectivity index (χ4v) is 4.57. The Labute approximate surface area is 120 Å². The number of nitrogens with one attached hydrogen (secondary N) is 1. The van der Waals surface area contributed by atoms with Crippen LogP contribution in [0.5, 0.6) is 0 Å². The van der Waals surface area contributed by atoms with Crippen molar-refractivity contribution in [2.45, 2.75) is 10.6 Å². The first-order valence-corrected chi connectivity index (χ1v) is 9.70. The molecule has 0 amide bonds. The average molecular weight is 333 g/mol. The molecule has 2 aromatic rings. The minimum absolute atomic E-state index is 0.0470. The Bertz CT molecular complexity index is 797. The third kappa shape index (κ3) is 3.99. The Morgan fingerprint density at radius 1 is 1.10 bits per heavy atom. The van der Waals surface area contributed by atoms with Gasteiger partial charge in [-0.2, -0.15) is 0 Å². The average Bonchev–Trinajstić information content (AvgIpc) is 2.74. The van der Waals surface area contributed by atoms with Crippen LogP contribution in [-0.2, 0) is 25.6 Å². The molecule has 0 saturated carbocycles. The lowest BCUT2D eigenvalue weighted by Gasteiger charge is -2.00. The van der Waals surface area contributed by atoms with E-state index in [1.54, 1.807) is 18.2 Å². The maximum atomic E-state index is 12.1. The Morgan fingerprint density at radius 2 is 1.75 bits per heavy atom. The molecule has 2 rings (SSSR count). The van der Waals surface area contributed by atoms with Gasteiger partial charge in [0.15, 0.2) is 9.84 Å². The molecule has 0 aliphatic heterocycles. The minimum atomic E-state index is -3.51. The molecule has 0 saturated heterocycles. The van der Waals surface area contributed by atoms with Crippen molar-refractivity contribution in [3.8, 4) is 0 Å². The van der Waals surface area contributed by atoms with Crippen LogP contribution < -0.4 is 4.72 Å². The molecule has 0 atom stereocenters. The third-order valence-electron chi connectivity index (χ3n) is 2.16. The van der Waals surface area contributed by atoms with Crippen LogP contribution in [0.1, 0.15) is 5.01 Å². The number of hydrogen-bond donors (Lipinski definition) is 1. The second-order valence-corrected chi connectivity index (χ2v) is 8.75. The normalized spacial score (nSPS) is 12.2. The molecule has 1 aromatic carbocycles. The van der Waals surface area contributed by atoms with Crippen LogP contribution in [0.2, 0.25) is 0 Å². The molecule has 10 heteroatoms. The quantitative estimate of drug-likeness (QED) is 0.871. The molecular weight excluding hydrogens is 322 g/mol. The van der Waals surface area contributed by atoms with Crippen molar-refractivity contribution in [3.05, 3.63) is 35.3 Å². The largest absolute Gasteiger partial charge is 0.257 e. The van der Waals surface area contributed by atoms with E-state index in [-0.39, 0.29) is 20.8 Å². The van der Waals surface area contributed by atoms with Gasteiger partial charge in [0, 0.05) is 0 Å². The summed E-state index contributed by atoms with van der Waals surface area (Å²) in [5.74, 6) is -0.319. The first kappa shape index (κ1) is 14.9. The number of hydrogen-bond acceptors (Lipinski definition) is 7. The number of sulfone groups is 1. The van der Waals surface area contributed by atoms with Crippen molar-refractivity contribution in [3.63, 3.8) is 0 Å². The van der Waals surface area contributed by atoms with Crippen molar-refractivity contribution in [1.82, 2.24) is 10.2 Å². The van der Waals surface area contributed by atoms with Gasteiger partial charge in [0.1, 0.15) is 10.8 Å². The van der Waals surface area contributed by atoms with Gasteiger partial charge in [-0.25, -0.2) is 16.8 Å². The summed E-state index contributed by atoms with van der Waals surface area (Å²) >= 11 is 0.890. The van der Waals surface area contributed by atoms with Crippen LogP contribution in [0, 0.1) is 0 Å². The van der Waals surface area contributed by atoms with Crippen molar-refractivity contribution in [2.75, 3.05) is 11.0 Å². The summed E-state index contributed by atoms with van der Waals surface area (Å²) in [7, 11) is -6.96. The van der Waals surface area contributed by atoms with Crippen LogP contribution in [0.3, 0.4) is 0 Å².